The van der Waals surface area contributed by atoms with Gasteiger partial charge in [0.2, 0.25) is 0 Å². The molecule has 3 heteroatoms. The fourth-order valence-corrected chi connectivity index (χ4v) is 3.43. The van der Waals surface area contributed by atoms with Crippen LogP contribution in [-0.4, -0.2) is 18.6 Å². The minimum absolute atomic E-state index is 0.525. The summed E-state index contributed by atoms with van der Waals surface area (Å²) in [5.41, 5.74) is 1.78. The third-order valence-corrected chi connectivity index (χ3v) is 4.35. The van der Waals surface area contributed by atoms with Crippen LogP contribution >= 0.6 is 11.3 Å². The first-order valence-electron chi connectivity index (χ1n) is 5.86. The van der Waals surface area contributed by atoms with Gasteiger partial charge in [0.15, 0.2) is 0 Å². The first-order valence-corrected chi connectivity index (χ1v) is 6.74. The first-order chi connectivity index (χ1) is 7.28. The van der Waals surface area contributed by atoms with E-state index < -0.39 is 0 Å². The van der Waals surface area contributed by atoms with E-state index in [1.807, 2.05) is 11.3 Å². The van der Waals surface area contributed by atoms with E-state index in [9.17, 15) is 0 Å². The van der Waals surface area contributed by atoms with Gasteiger partial charge in [-0.2, -0.15) is 0 Å². The molecule has 1 heterocycles. The average Bonchev–Trinajstić information content (AvgIpc) is 2.62. The topological polar surface area (TPSA) is 24.9 Å². The van der Waals surface area contributed by atoms with Gasteiger partial charge in [-0.25, -0.2) is 4.98 Å². The summed E-state index contributed by atoms with van der Waals surface area (Å²) in [7, 11) is 2.05. The van der Waals surface area contributed by atoms with Gasteiger partial charge in [0.25, 0.3) is 0 Å². The normalized spacial score (nSPS) is 18.8. The zero-order chi connectivity index (χ0) is 10.7. The minimum atomic E-state index is 0.525. The standard InChI is InChI=1S/C12H20N2S/c1-3-10-8-15-11(14-10)7-12(9-13-2)5-4-6-12/h8,13H,3-7,9H2,1-2H3. The Labute approximate surface area is 96.1 Å². The predicted molar refractivity (Wildman–Crippen MR) is 65.4 cm³/mol. The van der Waals surface area contributed by atoms with Gasteiger partial charge in [0.05, 0.1) is 10.7 Å². The van der Waals surface area contributed by atoms with Crippen molar-refractivity contribution in [2.24, 2.45) is 5.41 Å². The van der Waals surface area contributed by atoms with Gasteiger partial charge in [-0.05, 0) is 31.7 Å². The van der Waals surface area contributed by atoms with Gasteiger partial charge in [0, 0.05) is 18.3 Å². The second kappa shape index (κ2) is 4.62. The molecule has 0 spiro atoms. The van der Waals surface area contributed by atoms with Crippen molar-refractivity contribution in [3.05, 3.63) is 16.1 Å². The molecule has 1 aromatic rings. The van der Waals surface area contributed by atoms with E-state index in [2.05, 4.69) is 29.7 Å². The molecule has 84 valence electrons. The Bertz CT molecular complexity index is 315. The van der Waals surface area contributed by atoms with Crippen molar-refractivity contribution in [3.63, 3.8) is 0 Å². The lowest BCUT2D eigenvalue weighted by Gasteiger charge is -2.41. The molecule has 0 radical (unpaired) electrons. The molecule has 0 aromatic carbocycles. The van der Waals surface area contributed by atoms with Gasteiger partial charge >= 0.3 is 0 Å². The van der Waals surface area contributed by atoms with Crippen molar-refractivity contribution in [1.29, 1.82) is 0 Å². The van der Waals surface area contributed by atoms with Crippen molar-refractivity contribution in [2.45, 2.75) is 39.0 Å². The second-order valence-electron chi connectivity index (χ2n) is 4.65. The maximum atomic E-state index is 4.67. The Kier molecular flexibility index (Phi) is 3.42. The van der Waals surface area contributed by atoms with Crippen LogP contribution < -0.4 is 5.32 Å². The largest absolute Gasteiger partial charge is 0.319 e. The van der Waals surface area contributed by atoms with Gasteiger partial charge in [-0.1, -0.05) is 13.3 Å². The molecule has 1 aliphatic carbocycles. The Hall–Kier alpha value is -0.410. The van der Waals surface area contributed by atoms with Crippen LogP contribution in [0.15, 0.2) is 5.38 Å². The molecule has 2 rings (SSSR count). The number of thiazole rings is 1. The molecule has 0 amide bonds. The highest BCUT2D eigenvalue weighted by atomic mass is 32.1. The summed E-state index contributed by atoms with van der Waals surface area (Å²) in [4.78, 5) is 4.67. The maximum Gasteiger partial charge on any atom is 0.0934 e. The fraction of sp³-hybridized carbons (Fsp3) is 0.750. The Morgan fingerprint density at radius 1 is 1.53 bits per heavy atom. The quantitative estimate of drug-likeness (QED) is 0.831. The minimum Gasteiger partial charge on any atom is -0.319 e. The summed E-state index contributed by atoms with van der Waals surface area (Å²) in [6.07, 6.45) is 6.38. The summed E-state index contributed by atoms with van der Waals surface area (Å²) in [5.74, 6) is 0. The molecule has 1 N–H and O–H groups in total. The number of rotatable bonds is 5. The molecule has 2 nitrogen and oxygen atoms in total. The molecule has 15 heavy (non-hydrogen) atoms. The van der Waals surface area contributed by atoms with E-state index >= 15 is 0 Å². The van der Waals surface area contributed by atoms with Crippen molar-refractivity contribution in [1.82, 2.24) is 10.3 Å². The predicted octanol–water partition coefficient (Wildman–Crippen LogP) is 2.64. The average molecular weight is 224 g/mol. The van der Waals surface area contributed by atoms with Crippen LogP contribution in [0.3, 0.4) is 0 Å². The number of hydrogen-bond acceptors (Lipinski definition) is 3. The van der Waals surface area contributed by atoms with E-state index in [0.29, 0.717) is 5.41 Å². The summed E-state index contributed by atoms with van der Waals surface area (Å²) in [5, 5.41) is 6.87. The lowest BCUT2D eigenvalue weighted by molar-refractivity contribution is 0.133. The lowest BCUT2D eigenvalue weighted by Crippen LogP contribution is -2.40. The SMILES string of the molecule is CCc1csc(CC2(CNC)CCC2)n1. The van der Waals surface area contributed by atoms with Crippen LogP contribution in [0.2, 0.25) is 0 Å². The van der Waals surface area contributed by atoms with Gasteiger partial charge < -0.3 is 5.32 Å². The van der Waals surface area contributed by atoms with Crippen LogP contribution in [0, 0.1) is 5.41 Å². The number of aromatic nitrogens is 1. The van der Waals surface area contributed by atoms with Crippen LogP contribution in [-0.2, 0) is 12.8 Å². The summed E-state index contributed by atoms with van der Waals surface area (Å²) < 4.78 is 0. The van der Waals surface area contributed by atoms with Gasteiger partial charge in [-0.3, -0.25) is 0 Å². The Morgan fingerprint density at radius 2 is 2.33 bits per heavy atom. The van der Waals surface area contributed by atoms with Crippen molar-refractivity contribution >= 4 is 11.3 Å². The Morgan fingerprint density at radius 3 is 2.80 bits per heavy atom. The van der Waals surface area contributed by atoms with Crippen LogP contribution in [0.5, 0.6) is 0 Å². The van der Waals surface area contributed by atoms with E-state index in [4.69, 9.17) is 0 Å². The van der Waals surface area contributed by atoms with Gasteiger partial charge in [0.1, 0.15) is 0 Å². The maximum absolute atomic E-state index is 4.67. The van der Waals surface area contributed by atoms with Crippen LogP contribution in [0.25, 0.3) is 0 Å². The monoisotopic (exact) mass is 224 g/mol. The molecular weight excluding hydrogens is 204 g/mol. The highest BCUT2D eigenvalue weighted by molar-refractivity contribution is 7.09. The highest BCUT2D eigenvalue weighted by Crippen LogP contribution is 2.43. The van der Waals surface area contributed by atoms with E-state index in [1.165, 1.54) is 36.4 Å². The number of nitrogens with zero attached hydrogens (tertiary/aromatic N) is 1. The van der Waals surface area contributed by atoms with Crippen LogP contribution in [0.4, 0.5) is 0 Å². The smallest absolute Gasteiger partial charge is 0.0934 e. The second-order valence-corrected chi connectivity index (χ2v) is 5.59. The molecular formula is C12H20N2S. The van der Waals surface area contributed by atoms with Crippen molar-refractivity contribution < 1.29 is 0 Å². The number of nitrogens with one attached hydrogen (secondary N) is 1. The third kappa shape index (κ3) is 2.40. The molecule has 1 saturated carbocycles. The molecule has 0 bridgehead atoms. The highest BCUT2D eigenvalue weighted by Gasteiger charge is 2.36. The Balaban J connectivity index is 1.99. The van der Waals surface area contributed by atoms with Crippen molar-refractivity contribution in [2.75, 3.05) is 13.6 Å². The van der Waals surface area contributed by atoms with E-state index in [-0.39, 0.29) is 0 Å². The summed E-state index contributed by atoms with van der Waals surface area (Å²) in [6.45, 7) is 3.32. The zero-order valence-electron chi connectivity index (χ0n) is 9.68. The molecule has 0 aliphatic heterocycles. The third-order valence-electron chi connectivity index (χ3n) is 3.45. The molecule has 0 atom stereocenters. The molecule has 1 aromatic heterocycles. The molecule has 1 fully saturated rings. The molecule has 0 saturated heterocycles. The lowest BCUT2D eigenvalue weighted by atomic mass is 9.67. The fourth-order valence-electron chi connectivity index (χ4n) is 2.38. The zero-order valence-corrected chi connectivity index (χ0v) is 10.5. The molecule has 0 unspecified atom stereocenters. The van der Waals surface area contributed by atoms with E-state index in [1.54, 1.807) is 0 Å². The summed E-state index contributed by atoms with van der Waals surface area (Å²) >= 11 is 1.84. The summed E-state index contributed by atoms with van der Waals surface area (Å²) in [6, 6.07) is 0. The first kappa shape index (κ1) is 11.1. The molecule has 1 aliphatic rings. The van der Waals surface area contributed by atoms with Crippen molar-refractivity contribution in [3.8, 4) is 0 Å². The number of hydrogen-bond donors (Lipinski definition) is 1. The number of aryl methyl sites for hydroxylation is 1. The van der Waals surface area contributed by atoms with Crippen LogP contribution in [0.1, 0.15) is 36.9 Å². The van der Waals surface area contributed by atoms with Gasteiger partial charge in [-0.15, -0.1) is 11.3 Å². The van der Waals surface area contributed by atoms with E-state index in [0.717, 1.165) is 13.0 Å².